The molecule has 0 atom stereocenters. The third-order valence-electron chi connectivity index (χ3n) is 7.34. The molecule has 2 aromatic carbocycles. The van der Waals surface area contributed by atoms with Gasteiger partial charge in [-0.05, 0) is 88.3 Å². The van der Waals surface area contributed by atoms with Crippen LogP contribution in [0.2, 0.25) is 0 Å². The summed E-state index contributed by atoms with van der Waals surface area (Å²) in [6, 6.07) is 8.95. The van der Waals surface area contributed by atoms with Gasteiger partial charge in [0.15, 0.2) is 0 Å². The lowest BCUT2D eigenvalue weighted by Crippen LogP contribution is -2.14. The number of nitrogens with one attached hydrogen (secondary N) is 1. The number of anilines is 1. The Morgan fingerprint density at radius 1 is 0.849 bits per heavy atom. The maximum Gasteiger partial charge on any atom is 0.416 e. The van der Waals surface area contributed by atoms with Crippen LogP contribution in [0.25, 0.3) is 0 Å². The van der Waals surface area contributed by atoms with E-state index in [9.17, 15) is 18.0 Å². The molecule has 0 unspecified atom stereocenters. The highest BCUT2D eigenvalue weighted by Crippen LogP contribution is 2.34. The second-order valence-corrected chi connectivity index (χ2v) is 13.3. The highest BCUT2D eigenvalue weighted by atomic mass is 19.4. The number of amides is 1. The number of hydrogen-bond acceptors (Lipinski definition) is 1. The summed E-state index contributed by atoms with van der Waals surface area (Å²) in [7, 11) is 0. The van der Waals surface area contributed by atoms with Gasteiger partial charge in [-0.2, -0.15) is 13.2 Å². The van der Waals surface area contributed by atoms with Crippen LogP contribution in [0.3, 0.4) is 0 Å². The Balaban J connectivity index is -0.000000965. The minimum Gasteiger partial charge on any atom is -0.322 e. The fourth-order valence-corrected chi connectivity index (χ4v) is 3.96. The number of carbonyl (C=O) groups is 1. The molecule has 0 spiro atoms. The molecule has 2 nitrogen and oxygen atoms in total. The SMILES string of the molecule is C/C=C\C=C(C)C.CC/C=C/C(C#Cc1cc(C(=O)Nc2ccc(CC)c(C(F)(F)F)c2)ccc1C)=C\CC.CCCC.CCCC.CCCC(C)C. The highest BCUT2D eigenvalue weighted by molar-refractivity contribution is 6.04. The molecule has 0 aliphatic heterocycles. The van der Waals surface area contributed by atoms with Gasteiger partial charge in [-0.15, -0.1) is 0 Å². The van der Waals surface area contributed by atoms with Crippen LogP contribution in [0.4, 0.5) is 18.9 Å². The number of carbonyl (C=O) groups excluding carboxylic acids is 1. The van der Waals surface area contributed by atoms with Crippen molar-refractivity contribution in [1.29, 1.82) is 0 Å². The summed E-state index contributed by atoms with van der Waals surface area (Å²) in [6.07, 6.45) is 17.7. The molecule has 1 amide bonds. The molecule has 0 aliphatic carbocycles. The minimum atomic E-state index is -4.48. The topological polar surface area (TPSA) is 29.1 Å². The predicted octanol–water partition coefficient (Wildman–Crippen LogP) is 16.1. The summed E-state index contributed by atoms with van der Waals surface area (Å²) in [5, 5.41) is 2.57. The molecule has 0 aliphatic rings. The Morgan fingerprint density at radius 3 is 1.85 bits per heavy atom. The second kappa shape index (κ2) is 34.0. The third kappa shape index (κ3) is 29.4. The zero-order valence-corrected chi connectivity index (χ0v) is 35.9. The van der Waals surface area contributed by atoms with Crippen molar-refractivity contribution < 1.29 is 18.0 Å². The Labute approximate surface area is 324 Å². The predicted molar refractivity (Wildman–Crippen MR) is 230 cm³/mol. The van der Waals surface area contributed by atoms with Crippen molar-refractivity contribution >= 4 is 11.6 Å². The fourth-order valence-electron chi connectivity index (χ4n) is 3.96. The molecule has 0 heterocycles. The Kier molecular flexibility index (Phi) is 34.4. The van der Waals surface area contributed by atoms with Gasteiger partial charge in [0.2, 0.25) is 0 Å². The molecule has 0 aromatic heterocycles. The highest BCUT2D eigenvalue weighted by Gasteiger charge is 2.33. The van der Waals surface area contributed by atoms with Crippen LogP contribution >= 0.6 is 0 Å². The molecule has 2 aromatic rings. The van der Waals surface area contributed by atoms with Gasteiger partial charge in [0, 0.05) is 22.4 Å². The lowest BCUT2D eigenvalue weighted by atomic mass is 10.0. The average Bonchev–Trinajstić information content (AvgIpc) is 3.12. The first-order valence-corrected chi connectivity index (χ1v) is 19.8. The fraction of sp³-hybridized carbons (Fsp3) is 0.521. The van der Waals surface area contributed by atoms with E-state index in [0.29, 0.717) is 11.1 Å². The Hall–Kier alpha value is -3.78. The van der Waals surface area contributed by atoms with Gasteiger partial charge in [-0.25, -0.2) is 0 Å². The van der Waals surface area contributed by atoms with Crippen LogP contribution in [-0.4, -0.2) is 5.91 Å². The molecular weight excluding hydrogens is 664 g/mol. The van der Waals surface area contributed by atoms with Crippen LogP contribution in [-0.2, 0) is 12.6 Å². The van der Waals surface area contributed by atoms with E-state index in [-0.39, 0.29) is 17.7 Å². The number of aryl methyl sites for hydroxylation is 2. The van der Waals surface area contributed by atoms with E-state index < -0.39 is 17.6 Å². The van der Waals surface area contributed by atoms with Gasteiger partial charge in [0.05, 0.1) is 5.56 Å². The molecule has 1 N–H and O–H groups in total. The molecule has 0 fully saturated rings. The van der Waals surface area contributed by atoms with Crippen molar-refractivity contribution in [3.8, 4) is 11.8 Å². The summed E-state index contributed by atoms with van der Waals surface area (Å²) in [5.74, 6) is 6.66. The van der Waals surface area contributed by atoms with Crippen LogP contribution in [0.5, 0.6) is 0 Å². The second-order valence-electron chi connectivity index (χ2n) is 13.3. The number of unbranched alkanes of at least 4 members (excludes halogenated alkanes) is 2. The number of benzene rings is 2. The third-order valence-corrected chi connectivity index (χ3v) is 7.34. The van der Waals surface area contributed by atoms with Crippen molar-refractivity contribution in [1.82, 2.24) is 0 Å². The number of hydrogen-bond donors (Lipinski definition) is 1. The zero-order chi connectivity index (χ0) is 41.2. The van der Waals surface area contributed by atoms with E-state index >= 15 is 0 Å². The van der Waals surface area contributed by atoms with E-state index in [4.69, 9.17) is 0 Å². The monoisotopic (exact) mass is 738 g/mol. The lowest BCUT2D eigenvalue weighted by molar-refractivity contribution is -0.138. The number of halogens is 3. The molecule has 0 saturated heterocycles. The van der Waals surface area contributed by atoms with Crippen molar-refractivity contribution in [2.45, 2.75) is 161 Å². The maximum absolute atomic E-state index is 13.3. The lowest BCUT2D eigenvalue weighted by Gasteiger charge is -2.14. The van der Waals surface area contributed by atoms with Gasteiger partial charge in [-0.3, -0.25) is 4.79 Å². The Bertz CT molecular complexity index is 1420. The first kappa shape index (κ1) is 53.6. The van der Waals surface area contributed by atoms with E-state index in [2.05, 4.69) is 85.5 Å². The molecule has 0 bridgehead atoms. The number of alkyl halides is 3. The van der Waals surface area contributed by atoms with Crippen molar-refractivity contribution in [2.24, 2.45) is 5.92 Å². The minimum absolute atomic E-state index is 0.102. The van der Waals surface area contributed by atoms with Crippen molar-refractivity contribution in [3.63, 3.8) is 0 Å². The summed E-state index contributed by atoms with van der Waals surface area (Å²) in [6.45, 7) is 29.3. The quantitative estimate of drug-likeness (QED) is 0.181. The first-order chi connectivity index (χ1) is 25.1. The maximum atomic E-state index is 13.3. The van der Waals surface area contributed by atoms with E-state index in [1.165, 1.54) is 56.2 Å². The van der Waals surface area contributed by atoms with Gasteiger partial charge in [-0.1, -0.05) is 174 Å². The van der Waals surface area contributed by atoms with Crippen LogP contribution in [0.1, 0.15) is 174 Å². The molecule has 0 radical (unpaired) electrons. The molecule has 2 rings (SSSR count). The van der Waals surface area contributed by atoms with E-state index in [1.807, 2.05) is 58.1 Å². The molecule has 5 heteroatoms. The average molecular weight is 738 g/mol. The number of rotatable bonds is 11. The zero-order valence-electron chi connectivity index (χ0n) is 35.9. The van der Waals surface area contributed by atoms with Crippen LogP contribution in [0.15, 0.2) is 84.0 Å². The van der Waals surface area contributed by atoms with Crippen LogP contribution < -0.4 is 5.32 Å². The molecular formula is C48H74F3NO. The van der Waals surface area contributed by atoms with Gasteiger partial charge in [0.1, 0.15) is 0 Å². The standard InChI is InChI=1S/C27H28F3NO.C7H12.C6H14.2C4H10/c1-5-8-10-20(9-6-2)12-14-22-17-23(13-11-19(22)4)26(32)31-24-16-15-21(7-3)25(18-24)27(28,29)30;1-4-5-6-7(2)3;1-4-5-6(2)3;2*1-3-4-2/h8-11,13,15-18H,5-7H2,1-4H3,(H,31,32);4-6H,1-3H3;6H,4-5H2,1-3H3;2*3-4H2,1-2H3/b10-8+,20-9+;5-4-;;;. The molecule has 53 heavy (non-hydrogen) atoms. The summed E-state index contributed by atoms with van der Waals surface area (Å²) in [4.78, 5) is 12.7. The normalized spacial score (nSPS) is 10.7. The van der Waals surface area contributed by atoms with E-state index in [1.54, 1.807) is 25.1 Å². The van der Waals surface area contributed by atoms with Crippen LogP contribution in [0, 0.1) is 24.7 Å². The van der Waals surface area contributed by atoms with Crippen molar-refractivity contribution in [2.75, 3.05) is 5.32 Å². The molecule has 298 valence electrons. The van der Waals surface area contributed by atoms with Crippen molar-refractivity contribution in [3.05, 3.63) is 112 Å². The largest absolute Gasteiger partial charge is 0.416 e. The van der Waals surface area contributed by atoms with E-state index in [0.717, 1.165) is 36.0 Å². The summed E-state index contributed by atoms with van der Waals surface area (Å²) >= 11 is 0. The Morgan fingerprint density at radius 2 is 1.45 bits per heavy atom. The van der Waals surface area contributed by atoms with Gasteiger partial charge in [0.25, 0.3) is 5.91 Å². The first-order valence-electron chi connectivity index (χ1n) is 19.8. The summed E-state index contributed by atoms with van der Waals surface area (Å²) < 4.78 is 40.0. The molecule has 0 saturated carbocycles. The van der Waals surface area contributed by atoms with Gasteiger partial charge >= 0.3 is 6.18 Å². The number of allylic oxidation sites excluding steroid dienone is 8. The smallest absolute Gasteiger partial charge is 0.322 e. The summed E-state index contributed by atoms with van der Waals surface area (Å²) in [5.41, 5.74) is 3.75. The van der Waals surface area contributed by atoms with Gasteiger partial charge < -0.3 is 5.32 Å².